The molecule has 1 N–H and O–H groups in total. The van der Waals surface area contributed by atoms with E-state index >= 15 is 0 Å². The Morgan fingerprint density at radius 2 is 1.71 bits per heavy atom. The lowest BCUT2D eigenvalue weighted by molar-refractivity contribution is -0.113. The van der Waals surface area contributed by atoms with Crippen molar-refractivity contribution < 1.29 is 9.90 Å². The minimum absolute atomic E-state index is 0.0962. The highest BCUT2D eigenvalue weighted by atomic mass is 35.5. The van der Waals surface area contributed by atoms with Crippen LogP contribution in [-0.2, 0) is 4.79 Å². The number of aliphatic hydroxyl groups is 1. The van der Waals surface area contributed by atoms with Crippen LogP contribution in [0.3, 0.4) is 0 Å². The summed E-state index contributed by atoms with van der Waals surface area (Å²) in [6, 6.07) is 4.64. The zero-order chi connectivity index (χ0) is 13.0. The Labute approximate surface area is 109 Å². The monoisotopic (exact) mass is 272 g/mol. The first-order valence-electron chi connectivity index (χ1n) is 4.68. The lowest BCUT2D eigenvalue weighted by Gasteiger charge is -1.98. The molecule has 4 nitrogen and oxygen atoms in total. The largest absolute Gasteiger partial charge is 0.510 e. The van der Waals surface area contributed by atoms with Crippen molar-refractivity contribution in [3.63, 3.8) is 0 Å². The molecule has 6 heteroatoms. The van der Waals surface area contributed by atoms with Crippen LogP contribution in [0.1, 0.15) is 13.8 Å². The summed E-state index contributed by atoms with van der Waals surface area (Å²) in [6.45, 7) is 2.65. The second-order valence-electron chi connectivity index (χ2n) is 3.32. The number of ketones is 1. The van der Waals surface area contributed by atoms with Crippen molar-refractivity contribution in [1.82, 2.24) is 0 Å². The van der Waals surface area contributed by atoms with E-state index in [-0.39, 0.29) is 17.2 Å². The van der Waals surface area contributed by atoms with Crippen LogP contribution in [-0.4, -0.2) is 10.9 Å². The molecule has 0 aromatic heterocycles. The van der Waals surface area contributed by atoms with E-state index in [4.69, 9.17) is 23.2 Å². The molecular weight excluding hydrogens is 263 g/mol. The van der Waals surface area contributed by atoms with Gasteiger partial charge in [-0.15, -0.1) is 5.11 Å². The van der Waals surface area contributed by atoms with Crippen molar-refractivity contribution in [1.29, 1.82) is 0 Å². The minimum Gasteiger partial charge on any atom is -0.510 e. The lowest BCUT2D eigenvalue weighted by atomic mass is 10.3. The maximum absolute atomic E-state index is 11.1. The molecule has 0 amide bonds. The molecule has 0 spiro atoms. The van der Waals surface area contributed by atoms with E-state index in [1.54, 1.807) is 18.2 Å². The molecule has 1 aromatic carbocycles. The number of hydrogen-bond acceptors (Lipinski definition) is 4. The van der Waals surface area contributed by atoms with Crippen molar-refractivity contribution >= 4 is 34.7 Å². The van der Waals surface area contributed by atoms with Gasteiger partial charge >= 0.3 is 0 Å². The molecular formula is C11H10Cl2N2O2. The highest BCUT2D eigenvalue weighted by Crippen LogP contribution is 2.25. The van der Waals surface area contributed by atoms with Gasteiger partial charge in [-0.2, -0.15) is 5.11 Å². The summed E-state index contributed by atoms with van der Waals surface area (Å²) in [4.78, 5) is 11.1. The Morgan fingerprint density at radius 3 is 2.12 bits per heavy atom. The van der Waals surface area contributed by atoms with Gasteiger partial charge in [-0.25, -0.2) is 0 Å². The fourth-order valence-corrected chi connectivity index (χ4v) is 1.62. The Morgan fingerprint density at radius 1 is 1.18 bits per heavy atom. The molecule has 0 aliphatic rings. The zero-order valence-corrected chi connectivity index (χ0v) is 10.7. The lowest BCUT2D eigenvalue weighted by Crippen LogP contribution is -1.96. The molecule has 0 heterocycles. The number of azo groups is 1. The number of carbonyl (C=O) groups is 1. The number of Topliss-reactive ketones (excluding diaryl/α,β-unsaturated/α-hetero) is 1. The van der Waals surface area contributed by atoms with Gasteiger partial charge in [0.05, 0.1) is 5.69 Å². The third kappa shape index (κ3) is 4.17. The molecule has 1 rings (SSSR count). The molecule has 90 valence electrons. The first-order chi connectivity index (χ1) is 7.90. The van der Waals surface area contributed by atoms with E-state index in [9.17, 15) is 9.90 Å². The highest BCUT2D eigenvalue weighted by Gasteiger charge is 2.06. The number of nitrogens with zero attached hydrogens (tertiary/aromatic N) is 2. The summed E-state index contributed by atoms with van der Waals surface area (Å²) in [5, 5.41) is 17.5. The minimum atomic E-state index is -0.373. The molecule has 0 saturated heterocycles. The van der Waals surface area contributed by atoms with Gasteiger partial charge in [-0.05, 0) is 25.1 Å². The van der Waals surface area contributed by atoms with E-state index in [2.05, 4.69) is 10.2 Å². The van der Waals surface area contributed by atoms with E-state index in [1.165, 1.54) is 13.8 Å². The van der Waals surface area contributed by atoms with E-state index in [0.717, 1.165) is 0 Å². The molecule has 17 heavy (non-hydrogen) atoms. The Kier molecular flexibility index (Phi) is 4.66. The zero-order valence-electron chi connectivity index (χ0n) is 9.24. The van der Waals surface area contributed by atoms with Crippen LogP contribution in [0, 0.1) is 0 Å². The summed E-state index contributed by atoms with van der Waals surface area (Å²) in [6.07, 6.45) is 0. The summed E-state index contributed by atoms with van der Waals surface area (Å²) < 4.78 is 0. The number of carbonyl (C=O) groups excluding carboxylic acids is 1. The Balaban J connectivity index is 3.05. The maximum atomic E-state index is 11.1. The molecule has 0 aliphatic heterocycles. The second-order valence-corrected chi connectivity index (χ2v) is 4.19. The van der Waals surface area contributed by atoms with E-state index in [0.29, 0.717) is 15.7 Å². The van der Waals surface area contributed by atoms with Crippen LogP contribution in [0.2, 0.25) is 10.0 Å². The van der Waals surface area contributed by atoms with Crippen LogP contribution < -0.4 is 0 Å². The third-order valence-corrected chi connectivity index (χ3v) is 2.23. The first kappa shape index (κ1) is 13.7. The van der Waals surface area contributed by atoms with Crippen molar-refractivity contribution in [3.05, 3.63) is 39.7 Å². The average Bonchev–Trinajstić information content (AvgIpc) is 2.14. The second kappa shape index (κ2) is 5.80. The molecule has 1 aromatic rings. The summed E-state index contributed by atoms with van der Waals surface area (Å²) >= 11 is 11.6. The van der Waals surface area contributed by atoms with Crippen LogP contribution >= 0.6 is 23.2 Å². The molecule has 0 unspecified atom stereocenters. The topological polar surface area (TPSA) is 62.0 Å². The van der Waals surface area contributed by atoms with Gasteiger partial charge in [0, 0.05) is 17.0 Å². The summed E-state index contributed by atoms with van der Waals surface area (Å²) in [5.74, 6) is -0.559. The molecule has 0 bridgehead atoms. The Bertz CT molecular complexity index is 486. The summed E-state index contributed by atoms with van der Waals surface area (Å²) in [7, 11) is 0. The SMILES string of the molecule is CC(=O)C(N=Nc1cc(Cl)cc(Cl)c1)=C(C)O. The quantitative estimate of drug-likeness (QED) is 0.502. The van der Waals surface area contributed by atoms with Gasteiger partial charge in [-0.3, -0.25) is 4.79 Å². The highest BCUT2D eigenvalue weighted by molar-refractivity contribution is 6.35. The molecule has 0 atom stereocenters. The van der Waals surface area contributed by atoms with Crippen molar-refractivity contribution in [2.24, 2.45) is 10.2 Å². The van der Waals surface area contributed by atoms with Gasteiger partial charge in [-0.1, -0.05) is 23.2 Å². The van der Waals surface area contributed by atoms with Crippen LogP contribution in [0.15, 0.2) is 39.9 Å². The van der Waals surface area contributed by atoms with E-state index < -0.39 is 0 Å². The van der Waals surface area contributed by atoms with Gasteiger partial charge < -0.3 is 5.11 Å². The first-order valence-corrected chi connectivity index (χ1v) is 5.44. The van der Waals surface area contributed by atoms with Crippen LogP contribution in [0.5, 0.6) is 0 Å². The van der Waals surface area contributed by atoms with E-state index in [1.807, 2.05) is 0 Å². The van der Waals surface area contributed by atoms with Crippen molar-refractivity contribution in [3.8, 4) is 0 Å². The fraction of sp³-hybridized carbons (Fsp3) is 0.182. The maximum Gasteiger partial charge on any atom is 0.183 e. The number of halogens is 2. The third-order valence-electron chi connectivity index (χ3n) is 1.79. The number of hydrogen-bond donors (Lipinski definition) is 1. The number of rotatable bonds is 3. The van der Waals surface area contributed by atoms with Gasteiger partial charge in [0.25, 0.3) is 0 Å². The predicted octanol–water partition coefficient (Wildman–Crippen LogP) is 4.46. The van der Waals surface area contributed by atoms with Gasteiger partial charge in [0.15, 0.2) is 11.5 Å². The summed E-state index contributed by atoms with van der Waals surface area (Å²) in [5.41, 5.74) is 0.309. The molecule has 0 aliphatic carbocycles. The molecule has 0 radical (unpaired) electrons. The number of benzene rings is 1. The number of aliphatic hydroxyl groups excluding tert-OH is 1. The van der Waals surface area contributed by atoms with Crippen LogP contribution in [0.4, 0.5) is 5.69 Å². The average molecular weight is 273 g/mol. The molecule has 0 fully saturated rings. The smallest absolute Gasteiger partial charge is 0.183 e. The fourth-order valence-electron chi connectivity index (χ4n) is 1.10. The van der Waals surface area contributed by atoms with Crippen molar-refractivity contribution in [2.45, 2.75) is 13.8 Å². The van der Waals surface area contributed by atoms with Crippen molar-refractivity contribution in [2.75, 3.05) is 0 Å². The number of allylic oxidation sites excluding steroid dienone is 2. The van der Waals surface area contributed by atoms with Crippen LogP contribution in [0.25, 0.3) is 0 Å². The normalized spacial score (nSPS) is 12.7. The predicted molar refractivity (Wildman–Crippen MR) is 67.0 cm³/mol. The molecule has 0 saturated carbocycles. The van der Waals surface area contributed by atoms with Gasteiger partial charge in [0.1, 0.15) is 5.76 Å². The van der Waals surface area contributed by atoms with Gasteiger partial charge in [0.2, 0.25) is 0 Å². The Hall–Kier alpha value is -1.39. The standard InChI is InChI=1S/C11H10Cl2N2O2/c1-6(16)11(7(2)17)15-14-10-4-8(12)3-9(13)5-10/h3-5,16H,1-2H3.